The molecule has 0 spiro atoms. The molecule has 5 nitrogen and oxygen atoms in total. The number of imide groups is 1. The van der Waals surface area contributed by atoms with Crippen molar-refractivity contribution in [3.8, 4) is 0 Å². The van der Waals surface area contributed by atoms with E-state index >= 15 is 0 Å². The molecule has 3 amide bonds. The SMILES string of the molecule is CCNC(=O)NC(=O)C(C)Nc1ccc(Br)c(Cl)c1Cl. The van der Waals surface area contributed by atoms with Gasteiger partial charge in [-0.1, -0.05) is 23.2 Å². The van der Waals surface area contributed by atoms with Crippen LogP contribution in [-0.4, -0.2) is 24.5 Å². The molecular weight excluding hydrogens is 369 g/mol. The van der Waals surface area contributed by atoms with Gasteiger partial charge < -0.3 is 10.6 Å². The predicted octanol–water partition coefficient (Wildman–Crippen LogP) is 3.40. The minimum Gasteiger partial charge on any atom is -0.373 e. The van der Waals surface area contributed by atoms with Gasteiger partial charge in [-0.05, 0) is 41.9 Å². The van der Waals surface area contributed by atoms with E-state index in [4.69, 9.17) is 23.2 Å². The quantitative estimate of drug-likeness (QED) is 0.699. The van der Waals surface area contributed by atoms with Crippen LogP contribution in [0, 0.1) is 0 Å². The molecule has 0 aliphatic heterocycles. The number of rotatable bonds is 4. The minimum atomic E-state index is -0.646. The van der Waals surface area contributed by atoms with Gasteiger partial charge in [0.05, 0.1) is 15.7 Å². The third kappa shape index (κ3) is 4.54. The first-order chi connectivity index (χ1) is 9.36. The van der Waals surface area contributed by atoms with Crippen molar-refractivity contribution >= 4 is 56.8 Å². The second-order valence-electron chi connectivity index (χ2n) is 3.94. The van der Waals surface area contributed by atoms with Crippen molar-refractivity contribution < 1.29 is 9.59 Å². The first-order valence-corrected chi connectivity index (χ1v) is 7.40. The summed E-state index contributed by atoms with van der Waals surface area (Å²) in [7, 11) is 0. The number of hydrogen-bond acceptors (Lipinski definition) is 3. The van der Waals surface area contributed by atoms with Gasteiger partial charge in [0.15, 0.2) is 0 Å². The van der Waals surface area contributed by atoms with E-state index in [0.717, 1.165) is 0 Å². The van der Waals surface area contributed by atoms with Crippen molar-refractivity contribution in [3.05, 3.63) is 26.7 Å². The molecule has 0 aliphatic rings. The largest absolute Gasteiger partial charge is 0.373 e. The van der Waals surface area contributed by atoms with E-state index in [1.807, 2.05) is 0 Å². The van der Waals surface area contributed by atoms with Gasteiger partial charge in [0, 0.05) is 11.0 Å². The maximum absolute atomic E-state index is 11.8. The summed E-state index contributed by atoms with van der Waals surface area (Å²) in [6, 6.07) is 2.22. The molecule has 1 unspecified atom stereocenters. The Morgan fingerprint density at radius 1 is 1.30 bits per heavy atom. The molecule has 8 heteroatoms. The average molecular weight is 383 g/mol. The monoisotopic (exact) mass is 381 g/mol. The van der Waals surface area contributed by atoms with Crippen LogP contribution in [0.15, 0.2) is 16.6 Å². The van der Waals surface area contributed by atoms with Gasteiger partial charge in [0.1, 0.15) is 6.04 Å². The van der Waals surface area contributed by atoms with Crippen molar-refractivity contribution in [2.45, 2.75) is 19.9 Å². The third-order valence-electron chi connectivity index (χ3n) is 2.37. The van der Waals surface area contributed by atoms with Gasteiger partial charge in [-0.25, -0.2) is 4.79 Å². The number of carbonyl (C=O) groups excluding carboxylic acids is 2. The molecule has 3 N–H and O–H groups in total. The average Bonchev–Trinajstić information content (AvgIpc) is 2.39. The lowest BCUT2D eigenvalue weighted by atomic mass is 10.2. The highest BCUT2D eigenvalue weighted by Crippen LogP contribution is 2.36. The summed E-state index contributed by atoms with van der Waals surface area (Å²) in [6.07, 6.45) is 0. The summed E-state index contributed by atoms with van der Waals surface area (Å²) in [5.74, 6) is -0.467. The maximum atomic E-state index is 11.8. The second kappa shape index (κ2) is 7.71. The third-order valence-corrected chi connectivity index (χ3v) is 4.15. The Balaban J connectivity index is 2.71. The molecule has 0 aromatic heterocycles. The van der Waals surface area contributed by atoms with E-state index in [0.29, 0.717) is 26.8 Å². The van der Waals surface area contributed by atoms with E-state index < -0.39 is 18.0 Å². The summed E-state index contributed by atoms with van der Waals surface area (Å²) in [4.78, 5) is 23.0. The number of carbonyl (C=O) groups is 2. The number of urea groups is 1. The summed E-state index contributed by atoms with van der Waals surface area (Å²) in [5.41, 5.74) is 0.512. The van der Waals surface area contributed by atoms with Crippen molar-refractivity contribution in [3.63, 3.8) is 0 Å². The Hall–Kier alpha value is -0.980. The first-order valence-electron chi connectivity index (χ1n) is 5.85. The van der Waals surface area contributed by atoms with Crippen molar-refractivity contribution in [2.75, 3.05) is 11.9 Å². The standard InChI is InChI=1S/C12H14BrCl2N3O2/c1-3-16-12(20)18-11(19)6(2)17-8-5-4-7(13)9(14)10(8)15/h4-6,17H,3H2,1-2H3,(H2,16,18,19,20). The van der Waals surface area contributed by atoms with Crippen LogP contribution in [-0.2, 0) is 4.79 Å². The van der Waals surface area contributed by atoms with Gasteiger partial charge in [0.2, 0.25) is 5.91 Å². The fourth-order valence-corrected chi connectivity index (χ4v) is 2.19. The number of halogens is 3. The lowest BCUT2D eigenvalue weighted by molar-refractivity contribution is -0.120. The zero-order valence-electron chi connectivity index (χ0n) is 10.9. The van der Waals surface area contributed by atoms with Gasteiger partial charge in [0.25, 0.3) is 0 Å². The molecule has 0 fully saturated rings. The highest BCUT2D eigenvalue weighted by molar-refractivity contribution is 9.10. The van der Waals surface area contributed by atoms with Gasteiger partial charge in [-0.2, -0.15) is 0 Å². The Labute approximate surface area is 135 Å². The molecule has 0 aliphatic carbocycles. The van der Waals surface area contributed by atoms with Crippen LogP contribution >= 0.6 is 39.1 Å². The van der Waals surface area contributed by atoms with E-state index in [1.165, 1.54) is 0 Å². The molecule has 0 bridgehead atoms. The van der Waals surface area contributed by atoms with Gasteiger partial charge >= 0.3 is 6.03 Å². The van der Waals surface area contributed by atoms with Crippen molar-refractivity contribution in [1.29, 1.82) is 0 Å². The fraction of sp³-hybridized carbons (Fsp3) is 0.333. The predicted molar refractivity (Wildman–Crippen MR) is 84.5 cm³/mol. The number of hydrogen-bond donors (Lipinski definition) is 3. The molecule has 1 atom stereocenters. The molecule has 0 saturated heterocycles. The van der Waals surface area contributed by atoms with E-state index in [-0.39, 0.29) is 0 Å². The zero-order valence-corrected chi connectivity index (χ0v) is 14.0. The fourth-order valence-electron chi connectivity index (χ4n) is 1.36. The van der Waals surface area contributed by atoms with E-state index in [2.05, 4.69) is 31.9 Å². The normalized spacial score (nSPS) is 11.7. The lowest BCUT2D eigenvalue weighted by Crippen LogP contribution is -2.45. The Morgan fingerprint density at radius 2 is 1.95 bits per heavy atom. The molecule has 1 aromatic rings. The van der Waals surface area contributed by atoms with Crippen LogP contribution in [0.2, 0.25) is 10.0 Å². The van der Waals surface area contributed by atoms with Crippen LogP contribution < -0.4 is 16.0 Å². The Bertz CT molecular complexity index is 526. The minimum absolute atomic E-state index is 0.304. The van der Waals surface area contributed by atoms with Gasteiger partial charge in [-0.15, -0.1) is 0 Å². The van der Waals surface area contributed by atoms with Gasteiger partial charge in [-0.3, -0.25) is 10.1 Å². The number of nitrogens with one attached hydrogen (secondary N) is 3. The Morgan fingerprint density at radius 3 is 2.55 bits per heavy atom. The van der Waals surface area contributed by atoms with Crippen LogP contribution in [0.5, 0.6) is 0 Å². The number of amides is 3. The molecule has 0 saturated carbocycles. The summed E-state index contributed by atoms with van der Waals surface area (Å²) < 4.78 is 0.661. The molecule has 0 radical (unpaired) electrons. The summed E-state index contributed by atoms with van der Waals surface area (Å²) in [5, 5.41) is 8.24. The van der Waals surface area contributed by atoms with Crippen LogP contribution in [0.25, 0.3) is 0 Å². The molecule has 1 rings (SSSR count). The second-order valence-corrected chi connectivity index (χ2v) is 5.55. The number of benzene rings is 1. The molecule has 0 heterocycles. The topological polar surface area (TPSA) is 70.2 Å². The molecule has 1 aromatic carbocycles. The summed E-state index contributed by atoms with van der Waals surface area (Å²) in [6.45, 7) is 3.81. The van der Waals surface area contributed by atoms with E-state index in [9.17, 15) is 9.59 Å². The molecule has 20 heavy (non-hydrogen) atoms. The maximum Gasteiger partial charge on any atom is 0.321 e. The number of anilines is 1. The lowest BCUT2D eigenvalue weighted by Gasteiger charge is -2.16. The zero-order chi connectivity index (χ0) is 15.3. The molecule has 110 valence electrons. The van der Waals surface area contributed by atoms with Crippen molar-refractivity contribution in [2.24, 2.45) is 0 Å². The molecular formula is C12H14BrCl2N3O2. The van der Waals surface area contributed by atoms with Crippen LogP contribution in [0.1, 0.15) is 13.8 Å². The summed E-state index contributed by atoms with van der Waals surface area (Å²) >= 11 is 15.3. The smallest absolute Gasteiger partial charge is 0.321 e. The highest BCUT2D eigenvalue weighted by atomic mass is 79.9. The van der Waals surface area contributed by atoms with Crippen molar-refractivity contribution in [1.82, 2.24) is 10.6 Å². The van der Waals surface area contributed by atoms with Crippen LogP contribution in [0.3, 0.4) is 0 Å². The van der Waals surface area contributed by atoms with E-state index in [1.54, 1.807) is 26.0 Å². The Kier molecular flexibility index (Phi) is 6.58. The first kappa shape index (κ1) is 17.1. The van der Waals surface area contributed by atoms with Crippen LogP contribution in [0.4, 0.5) is 10.5 Å². The highest BCUT2D eigenvalue weighted by Gasteiger charge is 2.17.